The number of nitrogens with one attached hydrogen (secondary N) is 2. The van der Waals surface area contributed by atoms with Gasteiger partial charge < -0.3 is 15.4 Å². The average Bonchev–Trinajstić information content (AvgIpc) is 2.66. The molecular weight excluding hydrogens is 328 g/mol. The number of alkyl carbamates (subject to hydrolysis) is 1. The second-order valence-electron chi connectivity index (χ2n) is 5.79. The molecule has 0 fully saturated rings. The molecule has 0 heterocycles. The summed E-state index contributed by atoms with van der Waals surface area (Å²) in [6.45, 7) is 3.53. The number of benzene rings is 2. The van der Waals surface area contributed by atoms with Crippen molar-refractivity contribution >= 4 is 12.0 Å². The van der Waals surface area contributed by atoms with Gasteiger partial charge in [0, 0.05) is 5.56 Å². The molecule has 2 N–H and O–H groups in total. The third-order valence-electron chi connectivity index (χ3n) is 3.51. The molecule has 2 rings (SSSR count). The van der Waals surface area contributed by atoms with Crippen molar-refractivity contribution < 1.29 is 14.3 Å². The molecule has 0 saturated heterocycles. The van der Waals surface area contributed by atoms with Crippen LogP contribution in [0.3, 0.4) is 0 Å². The van der Waals surface area contributed by atoms with Crippen molar-refractivity contribution in [2.24, 2.45) is 0 Å². The second kappa shape index (κ2) is 9.90. The summed E-state index contributed by atoms with van der Waals surface area (Å²) in [5.41, 5.74) is 1.76. The summed E-state index contributed by atoms with van der Waals surface area (Å²) < 4.78 is 5.10. The van der Waals surface area contributed by atoms with Gasteiger partial charge in [0.2, 0.25) is 5.91 Å². The first kappa shape index (κ1) is 19.1. The summed E-state index contributed by atoms with van der Waals surface area (Å²) in [7, 11) is 0. The molecule has 5 nitrogen and oxygen atoms in total. The van der Waals surface area contributed by atoms with Crippen molar-refractivity contribution in [1.82, 2.24) is 10.6 Å². The maximum atomic E-state index is 12.1. The van der Waals surface area contributed by atoms with E-state index in [1.165, 1.54) is 0 Å². The zero-order valence-corrected chi connectivity index (χ0v) is 14.9. The highest BCUT2D eigenvalue weighted by Crippen LogP contribution is 2.01. The van der Waals surface area contributed by atoms with E-state index >= 15 is 0 Å². The Hall–Kier alpha value is -3.26. The van der Waals surface area contributed by atoms with Gasteiger partial charge in [-0.05, 0) is 31.5 Å². The van der Waals surface area contributed by atoms with Crippen molar-refractivity contribution in [1.29, 1.82) is 0 Å². The molecular formula is C21H22N2O3. The van der Waals surface area contributed by atoms with Crippen LogP contribution in [-0.2, 0) is 16.1 Å². The molecule has 5 heteroatoms. The molecule has 0 aliphatic rings. The first-order valence-electron chi connectivity index (χ1n) is 8.39. The highest BCUT2D eigenvalue weighted by molar-refractivity contribution is 5.85. The topological polar surface area (TPSA) is 67.4 Å². The van der Waals surface area contributed by atoms with E-state index in [1.54, 1.807) is 13.8 Å². The molecule has 0 bridgehead atoms. The fraction of sp³-hybridized carbons (Fsp3) is 0.238. The zero-order valence-electron chi connectivity index (χ0n) is 14.9. The Bertz CT molecular complexity index is 779. The van der Waals surface area contributed by atoms with E-state index in [4.69, 9.17) is 4.74 Å². The molecule has 134 valence electrons. The van der Waals surface area contributed by atoms with E-state index in [9.17, 15) is 9.59 Å². The zero-order chi connectivity index (χ0) is 18.8. The van der Waals surface area contributed by atoms with Crippen LogP contribution in [0.25, 0.3) is 0 Å². The Morgan fingerprint density at radius 1 is 0.962 bits per heavy atom. The lowest BCUT2D eigenvalue weighted by molar-refractivity contribution is -0.122. The van der Waals surface area contributed by atoms with Gasteiger partial charge in [-0.15, -0.1) is 0 Å². The predicted octanol–water partition coefficient (Wildman–Crippen LogP) is 2.86. The second-order valence-corrected chi connectivity index (χ2v) is 5.79. The maximum absolute atomic E-state index is 12.1. The smallest absolute Gasteiger partial charge is 0.408 e. The third kappa shape index (κ3) is 6.70. The van der Waals surface area contributed by atoms with Crippen LogP contribution in [0, 0.1) is 11.8 Å². The van der Waals surface area contributed by atoms with Gasteiger partial charge in [-0.1, -0.05) is 60.4 Å². The number of hydrogen-bond acceptors (Lipinski definition) is 3. The van der Waals surface area contributed by atoms with Crippen LogP contribution in [0.1, 0.15) is 25.0 Å². The van der Waals surface area contributed by atoms with Crippen LogP contribution < -0.4 is 10.6 Å². The molecule has 0 radical (unpaired) electrons. The van der Waals surface area contributed by atoms with Gasteiger partial charge in [0.15, 0.2) is 0 Å². The van der Waals surface area contributed by atoms with Crippen molar-refractivity contribution in [3.63, 3.8) is 0 Å². The van der Waals surface area contributed by atoms with E-state index in [-0.39, 0.29) is 18.6 Å². The summed E-state index contributed by atoms with van der Waals surface area (Å²) in [5.74, 6) is 5.63. The Morgan fingerprint density at radius 2 is 1.58 bits per heavy atom. The Kier molecular flexibility index (Phi) is 7.26. The fourth-order valence-corrected chi connectivity index (χ4v) is 2.09. The molecule has 0 aliphatic carbocycles. The van der Waals surface area contributed by atoms with Crippen LogP contribution in [-0.4, -0.2) is 24.1 Å². The van der Waals surface area contributed by atoms with E-state index in [2.05, 4.69) is 22.5 Å². The molecule has 2 amide bonds. The Morgan fingerprint density at radius 3 is 2.23 bits per heavy atom. The average molecular weight is 350 g/mol. The van der Waals surface area contributed by atoms with Crippen LogP contribution in [0.2, 0.25) is 0 Å². The number of rotatable bonds is 5. The minimum Gasteiger partial charge on any atom is -0.445 e. The van der Waals surface area contributed by atoms with Gasteiger partial charge in [0.25, 0.3) is 0 Å². The van der Waals surface area contributed by atoms with Gasteiger partial charge >= 0.3 is 6.09 Å². The molecule has 0 saturated carbocycles. The van der Waals surface area contributed by atoms with Crippen LogP contribution >= 0.6 is 0 Å². The van der Waals surface area contributed by atoms with E-state index in [0.717, 1.165) is 11.1 Å². The molecule has 2 aromatic carbocycles. The summed E-state index contributed by atoms with van der Waals surface area (Å²) in [5, 5.41) is 5.25. The van der Waals surface area contributed by atoms with E-state index in [1.807, 2.05) is 60.7 Å². The highest BCUT2D eigenvalue weighted by atomic mass is 16.5. The van der Waals surface area contributed by atoms with Gasteiger partial charge in [-0.3, -0.25) is 4.79 Å². The summed E-state index contributed by atoms with van der Waals surface area (Å²) in [6.07, 6.45) is -0.639. The molecule has 2 atom stereocenters. The minimum absolute atomic E-state index is 0.153. The van der Waals surface area contributed by atoms with Crippen LogP contribution in [0.4, 0.5) is 4.79 Å². The number of amides is 2. The quantitative estimate of drug-likeness (QED) is 0.815. The van der Waals surface area contributed by atoms with E-state index in [0.29, 0.717) is 0 Å². The lowest BCUT2D eigenvalue weighted by atomic mass is 10.2. The normalized spacial score (nSPS) is 12.1. The van der Waals surface area contributed by atoms with Gasteiger partial charge in [-0.2, -0.15) is 0 Å². The first-order valence-corrected chi connectivity index (χ1v) is 8.39. The number of carbonyl (C=O) groups excluding carboxylic acids is 2. The minimum atomic E-state index is -0.723. The number of ether oxygens (including phenoxy) is 1. The monoisotopic (exact) mass is 350 g/mol. The van der Waals surface area contributed by atoms with Gasteiger partial charge in [0.1, 0.15) is 12.6 Å². The fourth-order valence-electron chi connectivity index (χ4n) is 2.09. The van der Waals surface area contributed by atoms with Gasteiger partial charge in [0.05, 0.1) is 6.04 Å². The molecule has 0 aliphatic heterocycles. The molecule has 26 heavy (non-hydrogen) atoms. The van der Waals surface area contributed by atoms with Gasteiger partial charge in [-0.25, -0.2) is 4.79 Å². The maximum Gasteiger partial charge on any atom is 0.408 e. The summed E-state index contributed by atoms with van der Waals surface area (Å²) in [4.78, 5) is 23.9. The largest absolute Gasteiger partial charge is 0.445 e. The number of carbonyl (C=O) groups is 2. The molecule has 0 spiro atoms. The SMILES string of the molecule is CC(C#Cc1ccccc1)NC(=O)[C@H](C)NC(=O)OCc1ccccc1. The van der Waals surface area contributed by atoms with Crippen LogP contribution in [0.15, 0.2) is 60.7 Å². The van der Waals surface area contributed by atoms with Crippen molar-refractivity contribution in [3.8, 4) is 11.8 Å². The van der Waals surface area contributed by atoms with Crippen molar-refractivity contribution in [3.05, 3.63) is 71.8 Å². The molecule has 0 aromatic heterocycles. The molecule has 1 unspecified atom stereocenters. The standard InChI is InChI=1S/C21H22N2O3/c1-16(13-14-18-9-5-3-6-10-18)22-20(24)17(2)23-21(25)26-15-19-11-7-4-8-12-19/h3-12,16-17H,15H2,1-2H3,(H,22,24)(H,23,25)/t16?,17-/m0/s1. The third-order valence-corrected chi connectivity index (χ3v) is 3.51. The lowest BCUT2D eigenvalue weighted by Crippen LogP contribution is -2.47. The molecule has 2 aromatic rings. The highest BCUT2D eigenvalue weighted by Gasteiger charge is 2.17. The van der Waals surface area contributed by atoms with Crippen molar-refractivity contribution in [2.45, 2.75) is 32.5 Å². The van der Waals surface area contributed by atoms with Crippen molar-refractivity contribution in [2.75, 3.05) is 0 Å². The Balaban J connectivity index is 1.76. The first-order chi connectivity index (χ1) is 12.5. The van der Waals surface area contributed by atoms with Crippen LogP contribution in [0.5, 0.6) is 0 Å². The summed E-state index contributed by atoms with van der Waals surface area (Å²) in [6, 6.07) is 17.8. The lowest BCUT2D eigenvalue weighted by Gasteiger charge is -2.15. The van der Waals surface area contributed by atoms with E-state index < -0.39 is 12.1 Å². The number of hydrogen-bond donors (Lipinski definition) is 2. The Labute approximate surface area is 153 Å². The predicted molar refractivity (Wildman–Crippen MR) is 100 cm³/mol. The summed E-state index contributed by atoms with van der Waals surface area (Å²) >= 11 is 0.